The van der Waals surface area contributed by atoms with Gasteiger partial charge in [-0.1, -0.05) is 38.0 Å². The highest BCUT2D eigenvalue weighted by atomic mass is 16.5. The smallest absolute Gasteiger partial charge is 0.243 e. The molecule has 4 N–H and O–H groups in total. The van der Waals surface area contributed by atoms with Crippen LogP contribution in [0.4, 0.5) is 0 Å². The van der Waals surface area contributed by atoms with Gasteiger partial charge >= 0.3 is 0 Å². The van der Waals surface area contributed by atoms with E-state index in [1.807, 2.05) is 26.0 Å². The lowest BCUT2D eigenvalue weighted by Gasteiger charge is -2.30. The molecule has 0 aliphatic carbocycles. The Morgan fingerprint density at radius 2 is 1.92 bits per heavy atom. The minimum absolute atomic E-state index is 0.00488. The summed E-state index contributed by atoms with van der Waals surface area (Å²) in [6.45, 7) is 9.96. The van der Waals surface area contributed by atoms with E-state index in [-0.39, 0.29) is 18.2 Å². The first kappa shape index (κ1) is 29.0. The zero-order chi connectivity index (χ0) is 26.8. The molecule has 1 aliphatic heterocycles. The number of nitrogens with two attached hydrogens (primary N) is 1. The van der Waals surface area contributed by atoms with Gasteiger partial charge in [0.25, 0.3) is 0 Å². The molecule has 1 aromatic carbocycles. The van der Waals surface area contributed by atoms with Gasteiger partial charge in [-0.15, -0.1) is 6.58 Å². The quantitative estimate of drug-likeness (QED) is 0.279. The molecular weight excluding hydrogens is 460 g/mol. The number of methoxy groups -OCH3 is 1. The summed E-state index contributed by atoms with van der Waals surface area (Å²) in [4.78, 5) is 52.5. The van der Waals surface area contributed by atoms with E-state index in [1.165, 1.54) is 4.90 Å². The summed E-state index contributed by atoms with van der Waals surface area (Å²) in [5.41, 5.74) is 7.69. The zero-order valence-corrected chi connectivity index (χ0v) is 21.8. The van der Waals surface area contributed by atoms with Crippen molar-refractivity contribution in [2.75, 3.05) is 13.7 Å². The van der Waals surface area contributed by atoms with Gasteiger partial charge in [0.2, 0.25) is 17.7 Å². The molecule has 0 bridgehead atoms. The SMILES string of the molecule is C=C(C)C[C@H](NC(=O)[C@@H]1CCCN1C(=O)[C@@H](N)[C@@H](C)CC)C(=O)N[C@@H](C=O)Cc1ccc(OC)cc1. The Morgan fingerprint density at radius 1 is 1.25 bits per heavy atom. The molecule has 5 atom stereocenters. The maximum Gasteiger partial charge on any atom is 0.243 e. The Hall–Kier alpha value is -3.20. The van der Waals surface area contributed by atoms with Crippen LogP contribution < -0.4 is 21.1 Å². The third-order valence-electron chi connectivity index (χ3n) is 6.67. The largest absolute Gasteiger partial charge is 0.497 e. The molecule has 0 unspecified atom stereocenters. The summed E-state index contributed by atoms with van der Waals surface area (Å²) in [6, 6.07) is 4.16. The third kappa shape index (κ3) is 7.91. The normalized spacial score (nSPS) is 18.5. The number of ether oxygens (including phenoxy) is 1. The number of hydrogen-bond donors (Lipinski definition) is 3. The molecule has 3 amide bonds. The summed E-state index contributed by atoms with van der Waals surface area (Å²) < 4.78 is 5.15. The van der Waals surface area contributed by atoms with Gasteiger partial charge in [0, 0.05) is 6.54 Å². The predicted octanol–water partition coefficient (Wildman–Crippen LogP) is 1.74. The minimum Gasteiger partial charge on any atom is -0.497 e. The average molecular weight is 501 g/mol. The number of carbonyl (C=O) groups excluding carboxylic acids is 4. The zero-order valence-electron chi connectivity index (χ0n) is 21.8. The number of nitrogens with zero attached hydrogens (tertiary/aromatic N) is 1. The van der Waals surface area contributed by atoms with Gasteiger partial charge in [0.05, 0.1) is 19.2 Å². The Labute approximate surface area is 213 Å². The topological polar surface area (TPSA) is 131 Å². The van der Waals surface area contributed by atoms with Crippen LogP contribution in [-0.2, 0) is 25.6 Å². The summed E-state index contributed by atoms with van der Waals surface area (Å²) in [5, 5.41) is 5.51. The molecule has 36 heavy (non-hydrogen) atoms. The van der Waals surface area contributed by atoms with Crippen molar-refractivity contribution in [2.45, 2.75) is 77.0 Å². The van der Waals surface area contributed by atoms with Gasteiger partial charge in [0.1, 0.15) is 24.1 Å². The van der Waals surface area contributed by atoms with E-state index < -0.39 is 36.0 Å². The van der Waals surface area contributed by atoms with Crippen LogP contribution in [-0.4, -0.2) is 66.7 Å². The molecule has 1 saturated heterocycles. The molecule has 198 valence electrons. The van der Waals surface area contributed by atoms with Crippen LogP contribution in [0, 0.1) is 5.92 Å². The van der Waals surface area contributed by atoms with E-state index in [4.69, 9.17) is 10.5 Å². The lowest BCUT2D eigenvalue weighted by atomic mass is 9.98. The molecule has 9 heteroatoms. The number of benzene rings is 1. The van der Waals surface area contributed by atoms with Crippen molar-refractivity contribution in [1.82, 2.24) is 15.5 Å². The van der Waals surface area contributed by atoms with Crippen LogP contribution >= 0.6 is 0 Å². The first-order valence-corrected chi connectivity index (χ1v) is 12.5. The fourth-order valence-electron chi connectivity index (χ4n) is 4.25. The second kappa shape index (κ2) is 13.8. The Balaban J connectivity index is 2.08. The van der Waals surface area contributed by atoms with Crippen molar-refractivity contribution in [3.05, 3.63) is 42.0 Å². The number of amides is 3. The van der Waals surface area contributed by atoms with Crippen molar-refractivity contribution in [3.8, 4) is 5.75 Å². The van der Waals surface area contributed by atoms with Gasteiger partial charge in [-0.05, 0) is 56.2 Å². The number of likely N-dealkylation sites (tertiary alicyclic amines) is 1. The third-order valence-corrected chi connectivity index (χ3v) is 6.67. The van der Waals surface area contributed by atoms with Crippen LogP contribution in [0.15, 0.2) is 36.4 Å². The Bertz CT molecular complexity index is 933. The highest BCUT2D eigenvalue weighted by Gasteiger charge is 2.38. The van der Waals surface area contributed by atoms with Crippen molar-refractivity contribution in [1.29, 1.82) is 0 Å². The van der Waals surface area contributed by atoms with Crippen LogP contribution in [0.1, 0.15) is 52.0 Å². The van der Waals surface area contributed by atoms with E-state index in [9.17, 15) is 19.2 Å². The van der Waals surface area contributed by atoms with Gasteiger partial charge in [-0.25, -0.2) is 0 Å². The van der Waals surface area contributed by atoms with Crippen molar-refractivity contribution in [3.63, 3.8) is 0 Å². The number of hydrogen-bond acceptors (Lipinski definition) is 6. The number of nitrogens with one attached hydrogen (secondary N) is 2. The lowest BCUT2D eigenvalue weighted by molar-refractivity contribution is -0.141. The molecule has 0 aromatic heterocycles. The summed E-state index contributed by atoms with van der Waals surface area (Å²) >= 11 is 0. The second-order valence-electron chi connectivity index (χ2n) is 9.63. The van der Waals surface area contributed by atoms with E-state index in [0.29, 0.717) is 43.4 Å². The highest BCUT2D eigenvalue weighted by Crippen LogP contribution is 2.21. The molecule has 2 rings (SSSR count). The molecule has 1 aliphatic rings. The van der Waals surface area contributed by atoms with E-state index in [1.54, 1.807) is 26.2 Å². The summed E-state index contributed by atoms with van der Waals surface area (Å²) in [6.07, 6.45) is 3.12. The monoisotopic (exact) mass is 500 g/mol. The van der Waals surface area contributed by atoms with E-state index in [0.717, 1.165) is 12.0 Å². The molecule has 0 saturated carbocycles. The molecule has 1 aromatic rings. The standard InChI is InChI=1S/C27H40N4O5/c1-6-18(4)24(28)27(35)31-13-7-8-23(31)26(34)30-22(14-17(2)3)25(33)29-20(16-32)15-19-9-11-21(36-5)12-10-19/h9-12,16,18,20,22-24H,2,6-8,13-15,28H2,1,3-5H3,(H,29,33)(H,30,34)/t18-,20+,22-,23-,24-/m0/s1. The molecule has 1 heterocycles. The Morgan fingerprint density at radius 3 is 2.47 bits per heavy atom. The van der Waals surface area contributed by atoms with Crippen LogP contribution in [0.3, 0.4) is 0 Å². The Kier molecular flexibility index (Phi) is 11.1. The minimum atomic E-state index is -0.922. The molecular formula is C27H40N4O5. The fraction of sp³-hybridized carbons (Fsp3) is 0.556. The lowest BCUT2D eigenvalue weighted by Crippen LogP contribution is -2.56. The van der Waals surface area contributed by atoms with E-state index >= 15 is 0 Å². The molecule has 0 radical (unpaired) electrons. The van der Waals surface area contributed by atoms with Gasteiger partial charge < -0.3 is 30.8 Å². The highest BCUT2D eigenvalue weighted by molar-refractivity contribution is 5.94. The maximum absolute atomic E-state index is 13.2. The van der Waals surface area contributed by atoms with Crippen molar-refractivity contribution in [2.24, 2.45) is 11.7 Å². The van der Waals surface area contributed by atoms with Gasteiger partial charge in [-0.2, -0.15) is 0 Å². The number of aldehydes is 1. The first-order chi connectivity index (χ1) is 17.1. The summed E-state index contributed by atoms with van der Waals surface area (Å²) in [5.74, 6) is -0.446. The van der Waals surface area contributed by atoms with Crippen molar-refractivity contribution >= 4 is 24.0 Å². The maximum atomic E-state index is 13.2. The average Bonchev–Trinajstić information content (AvgIpc) is 3.36. The van der Waals surface area contributed by atoms with Gasteiger partial charge in [-0.3, -0.25) is 14.4 Å². The summed E-state index contributed by atoms with van der Waals surface area (Å²) in [7, 11) is 1.57. The van der Waals surface area contributed by atoms with Crippen molar-refractivity contribution < 1.29 is 23.9 Å². The molecule has 0 spiro atoms. The second-order valence-corrected chi connectivity index (χ2v) is 9.63. The molecule has 1 fully saturated rings. The van der Waals surface area contributed by atoms with Gasteiger partial charge in [0.15, 0.2) is 0 Å². The van der Waals surface area contributed by atoms with Crippen LogP contribution in [0.5, 0.6) is 5.75 Å². The number of rotatable bonds is 13. The van der Waals surface area contributed by atoms with Crippen LogP contribution in [0.2, 0.25) is 0 Å². The predicted molar refractivity (Wildman–Crippen MR) is 138 cm³/mol. The van der Waals surface area contributed by atoms with E-state index in [2.05, 4.69) is 17.2 Å². The first-order valence-electron chi connectivity index (χ1n) is 12.5. The van der Waals surface area contributed by atoms with Crippen LogP contribution in [0.25, 0.3) is 0 Å². The number of carbonyl (C=O) groups is 4. The molecule has 9 nitrogen and oxygen atoms in total. The fourth-order valence-corrected chi connectivity index (χ4v) is 4.25.